The van der Waals surface area contributed by atoms with Crippen LogP contribution in [0.3, 0.4) is 0 Å². The normalized spacial score (nSPS) is 11.9. The molecule has 1 atom stereocenters. The Labute approximate surface area is 132 Å². The molecule has 0 aliphatic carbocycles. The minimum Gasteiger partial charge on any atom is -0.504 e. The fraction of sp³-hybridized carbons (Fsp3) is 0.500. The summed E-state index contributed by atoms with van der Waals surface area (Å²) in [5.74, 6) is -0.692. The number of benzene rings is 1. The number of aromatic hydroxyl groups is 2. The number of phenols is 2. The Morgan fingerprint density at radius 3 is 2.55 bits per heavy atom. The second kappa shape index (κ2) is 9.13. The van der Waals surface area contributed by atoms with Crippen molar-refractivity contribution in [1.82, 2.24) is 0 Å². The van der Waals surface area contributed by atoms with Crippen molar-refractivity contribution in [2.45, 2.75) is 51.9 Å². The monoisotopic (exact) mass is 306 g/mol. The molecule has 1 aromatic carbocycles. The van der Waals surface area contributed by atoms with Crippen molar-refractivity contribution < 1.29 is 19.7 Å². The standard InChI is InChI=1S/C18H26O4/c1-4-5-6-7-8-15(12-22-18(21)13(2)3)14-9-10-16(19)17(20)11-14/h9-11,15,19-20H,2,4-8,12H2,1,3H3. The van der Waals surface area contributed by atoms with E-state index in [4.69, 9.17) is 4.74 Å². The van der Waals surface area contributed by atoms with Crippen molar-refractivity contribution in [3.8, 4) is 11.5 Å². The molecule has 0 spiro atoms. The summed E-state index contributed by atoms with van der Waals surface area (Å²) in [6.07, 6.45) is 5.37. The zero-order valence-corrected chi connectivity index (χ0v) is 13.5. The van der Waals surface area contributed by atoms with Crippen LogP contribution in [-0.2, 0) is 9.53 Å². The van der Waals surface area contributed by atoms with Gasteiger partial charge in [0, 0.05) is 11.5 Å². The molecule has 4 nitrogen and oxygen atoms in total. The molecule has 1 unspecified atom stereocenters. The summed E-state index contributed by atoms with van der Waals surface area (Å²) in [5, 5.41) is 19.1. The molecule has 0 heterocycles. The van der Waals surface area contributed by atoms with Gasteiger partial charge in [-0.3, -0.25) is 0 Å². The van der Waals surface area contributed by atoms with Crippen LogP contribution in [0, 0.1) is 0 Å². The molecular weight excluding hydrogens is 280 g/mol. The molecule has 0 aromatic heterocycles. The van der Waals surface area contributed by atoms with E-state index in [1.165, 1.54) is 18.6 Å². The van der Waals surface area contributed by atoms with E-state index in [0.29, 0.717) is 5.57 Å². The lowest BCUT2D eigenvalue weighted by Crippen LogP contribution is -2.13. The van der Waals surface area contributed by atoms with Crippen molar-refractivity contribution >= 4 is 5.97 Å². The maximum Gasteiger partial charge on any atom is 0.333 e. The number of phenolic OH excluding ortho intramolecular Hbond substituents is 2. The third-order valence-electron chi connectivity index (χ3n) is 3.64. The maximum absolute atomic E-state index is 11.6. The third-order valence-corrected chi connectivity index (χ3v) is 3.64. The molecule has 0 saturated carbocycles. The van der Waals surface area contributed by atoms with Gasteiger partial charge in [-0.2, -0.15) is 0 Å². The Balaban J connectivity index is 2.73. The number of esters is 1. The highest BCUT2D eigenvalue weighted by Gasteiger charge is 2.16. The Morgan fingerprint density at radius 1 is 1.23 bits per heavy atom. The van der Waals surface area contributed by atoms with Gasteiger partial charge in [0.25, 0.3) is 0 Å². The maximum atomic E-state index is 11.6. The van der Waals surface area contributed by atoms with Crippen LogP contribution in [0.1, 0.15) is 57.4 Å². The summed E-state index contributed by atoms with van der Waals surface area (Å²) < 4.78 is 5.26. The van der Waals surface area contributed by atoms with Crippen LogP contribution in [0.2, 0.25) is 0 Å². The van der Waals surface area contributed by atoms with Crippen LogP contribution in [0.5, 0.6) is 11.5 Å². The highest BCUT2D eigenvalue weighted by molar-refractivity contribution is 5.86. The Bertz CT molecular complexity index is 508. The number of carbonyl (C=O) groups excluding carboxylic acids is 1. The largest absolute Gasteiger partial charge is 0.504 e. The zero-order valence-electron chi connectivity index (χ0n) is 13.5. The van der Waals surface area contributed by atoms with E-state index in [0.717, 1.165) is 31.2 Å². The summed E-state index contributed by atoms with van der Waals surface area (Å²) in [6, 6.07) is 4.76. The molecule has 1 rings (SSSR count). The van der Waals surface area contributed by atoms with E-state index in [-0.39, 0.29) is 24.0 Å². The van der Waals surface area contributed by atoms with Crippen LogP contribution in [0.4, 0.5) is 0 Å². The predicted molar refractivity (Wildman–Crippen MR) is 87.0 cm³/mol. The zero-order chi connectivity index (χ0) is 16.5. The molecule has 22 heavy (non-hydrogen) atoms. The minimum absolute atomic E-state index is 0.00616. The minimum atomic E-state index is -0.401. The number of carbonyl (C=O) groups is 1. The van der Waals surface area contributed by atoms with Gasteiger partial charge in [0.05, 0.1) is 6.61 Å². The SMILES string of the molecule is C=C(C)C(=O)OCC(CCCCCC)c1ccc(O)c(O)c1. The first kappa shape index (κ1) is 18.1. The number of unbranched alkanes of at least 4 members (excludes halogenated alkanes) is 3. The number of hydrogen-bond donors (Lipinski definition) is 2. The van der Waals surface area contributed by atoms with E-state index >= 15 is 0 Å². The lowest BCUT2D eigenvalue weighted by Gasteiger charge is -2.18. The number of rotatable bonds is 9. The summed E-state index contributed by atoms with van der Waals surface area (Å²) in [5.41, 5.74) is 1.24. The topological polar surface area (TPSA) is 66.8 Å². The predicted octanol–water partition coefficient (Wildman–Crippen LogP) is 4.27. The van der Waals surface area contributed by atoms with Gasteiger partial charge in [-0.15, -0.1) is 0 Å². The van der Waals surface area contributed by atoms with Gasteiger partial charge in [-0.25, -0.2) is 4.79 Å². The first-order chi connectivity index (χ1) is 10.5. The third kappa shape index (κ3) is 5.80. The van der Waals surface area contributed by atoms with E-state index in [2.05, 4.69) is 13.5 Å². The first-order valence-corrected chi connectivity index (χ1v) is 7.80. The Hall–Kier alpha value is -1.97. The van der Waals surface area contributed by atoms with E-state index < -0.39 is 5.97 Å². The quantitative estimate of drug-likeness (QED) is 0.309. The van der Waals surface area contributed by atoms with E-state index in [9.17, 15) is 15.0 Å². The molecule has 0 radical (unpaired) electrons. The molecule has 0 saturated heterocycles. The second-order valence-corrected chi connectivity index (χ2v) is 5.67. The summed E-state index contributed by atoms with van der Waals surface area (Å²) in [6.45, 7) is 7.60. The number of hydrogen-bond acceptors (Lipinski definition) is 4. The van der Waals surface area contributed by atoms with E-state index in [1.807, 2.05) is 0 Å². The Kier molecular flexibility index (Phi) is 7.50. The van der Waals surface area contributed by atoms with Crippen LogP contribution in [0.25, 0.3) is 0 Å². The molecular formula is C18H26O4. The van der Waals surface area contributed by atoms with Gasteiger partial charge in [0.2, 0.25) is 0 Å². The molecule has 0 aliphatic rings. The van der Waals surface area contributed by atoms with Gasteiger partial charge in [0.15, 0.2) is 11.5 Å². The number of ether oxygens (including phenoxy) is 1. The molecule has 2 N–H and O–H groups in total. The van der Waals surface area contributed by atoms with Crippen molar-refractivity contribution in [2.24, 2.45) is 0 Å². The van der Waals surface area contributed by atoms with Gasteiger partial charge in [0.1, 0.15) is 0 Å². The summed E-state index contributed by atoms with van der Waals surface area (Å²) >= 11 is 0. The highest BCUT2D eigenvalue weighted by atomic mass is 16.5. The lowest BCUT2D eigenvalue weighted by atomic mass is 9.93. The van der Waals surface area contributed by atoms with Crippen LogP contribution in [0.15, 0.2) is 30.4 Å². The second-order valence-electron chi connectivity index (χ2n) is 5.67. The average Bonchev–Trinajstić information content (AvgIpc) is 2.49. The highest BCUT2D eigenvalue weighted by Crippen LogP contribution is 2.31. The van der Waals surface area contributed by atoms with Crippen LogP contribution in [-0.4, -0.2) is 22.8 Å². The molecule has 4 heteroatoms. The molecule has 1 aromatic rings. The first-order valence-electron chi connectivity index (χ1n) is 7.80. The lowest BCUT2D eigenvalue weighted by molar-refractivity contribution is -0.139. The molecule has 0 aliphatic heterocycles. The molecule has 0 amide bonds. The molecule has 0 bridgehead atoms. The van der Waals surface area contributed by atoms with Crippen LogP contribution < -0.4 is 0 Å². The van der Waals surface area contributed by atoms with Gasteiger partial charge < -0.3 is 14.9 Å². The average molecular weight is 306 g/mol. The molecule has 122 valence electrons. The van der Waals surface area contributed by atoms with Gasteiger partial charge in [-0.05, 0) is 31.0 Å². The van der Waals surface area contributed by atoms with Crippen molar-refractivity contribution in [3.05, 3.63) is 35.9 Å². The van der Waals surface area contributed by atoms with Gasteiger partial charge in [-0.1, -0.05) is 45.3 Å². The summed E-state index contributed by atoms with van der Waals surface area (Å²) in [4.78, 5) is 11.6. The van der Waals surface area contributed by atoms with E-state index in [1.54, 1.807) is 13.0 Å². The van der Waals surface area contributed by atoms with Crippen molar-refractivity contribution in [1.29, 1.82) is 0 Å². The Morgan fingerprint density at radius 2 is 1.95 bits per heavy atom. The van der Waals surface area contributed by atoms with Crippen molar-refractivity contribution in [3.63, 3.8) is 0 Å². The molecule has 0 fully saturated rings. The fourth-order valence-corrected chi connectivity index (χ4v) is 2.26. The fourth-order valence-electron chi connectivity index (χ4n) is 2.26. The summed E-state index contributed by atoms with van der Waals surface area (Å²) in [7, 11) is 0. The smallest absolute Gasteiger partial charge is 0.333 e. The van der Waals surface area contributed by atoms with Crippen molar-refractivity contribution in [2.75, 3.05) is 6.61 Å². The van der Waals surface area contributed by atoms with Crippen LogP contribution >= 0.6 is 0 Å². The van der Waals surface area contributed by atoms with Gasteiger partial charge >= 0.3 is 5.97 Å².